The Morgan fingerprint density at radius 3 is 2.96 bits per heavy atom. The van der Waals surface area contributed by atoms with E-state index in [0.717, 1.165) is 11.4 Å². The number of nitrogens with zero attached hydrogens (tertiary/aromatic N) is 2. The topological polar surface area (TPSA) is 110 Å². The van der Waals surface area contributed by atoms with Gasteiger partial charge in [0.2, 0.25) is 0 Å². The number of carbonyl (C=O) groups is 1. The number of fused-ring (bicyclic) bond motifs is 1. The van der Waals surface area contributed by atoms with Gasteiger partial charge in [-0.15, -0.1) is 0 Å². The molecule has 1 aliphatic heterocycles. The minimum absolute atomic E-state index is 0.158. The third-order valence-corrected chi connectivity index (χ3v) is 4.29. The number of methoxy groups -OCH3 is 2. The SMILES string of the molecule is COCc1cc(CNC(=O)c2c(OC)cc(=O)n3c2CCNCC3)[nH]n1. The van der Waals surface area contributed by atoms with Crippen molar-refractivity contribution in [2.24, 2.45) is 0 Å². The zero-order valence-electron chi connectivity index (χ0n) is 14.9. The Hall–Kier alpha value is -2.65. The molecule has 2 aromatic heterocycles. The molecule has 0 fully saturated rings. The van der Waals surface area contributed by atoms with E-state index in [0.29, 0.717) is 49.7 Å². The van der Waals surface area contributed by atoms with Gasteiger partial charge in [0.15, 0.2) is 0 Å². The van der Waals surface area contributed by atoms with Crippen LogP contribution in [-0.2, 0) is 30.9 Å². The van der Waals surface area contributed by atoms with Crippen LogP contribution in [0.4, 0.5) is 0 Å². The molecule has 0 spiro atoms. The standard InChI is InChI=1S/C17H23N5O4/c1-25-10-12-7-11(20-21-12)9-19-17(24)16-13-3-4-18-5-6-22(13)15(23)8-14(16)26-2/h7-8,18H,3-6,9-10H2,1-2H3,(H,19,24)(H,20,21). The van der Waals surface area contributed by atoms with Gasteiger partial charge in [-0.25, -0.2) is 0 Å². The Morgan fingerprint density at radius 1 is 1.35 bits per heavy atom. The number of hydrogen-bond donors (Lipinski definition) is 3. The van der Waals surface area contributed by atoms with Crippen molar-refractivity contribution in [1.82, 2.24) is 25.4 Å². The Labute approximate surface area is 150 Å². The number of aromatic nitrogens is 3. The minimum atomic E-state index is -0.282. The zero-order chi connectivity index (χ0) is 18.5. The van der Waals surface area contributed by atoms with Gasteiger partial charge >= 0.3 is 0 Å². The Kier molecular flexibility index (Phi) is 5.69. The maximum Gasteiger partial charge on any atom is 0.257 e. The highest BCUT2D eigenvalue weighted by atomic mass is 16.5. The molecule has 3 heterocycles. The molecule has 0 saturated heterocycles. The summed E-state index contributed by atoms with van der Waals surface area (Å²) in [6.07, 6.45) is 0.581. The van der Waals surface area contributed by atoms with Crippen molar-refractivity contribution >= 4 is 5.91 Å². The lowest BCUT2D eigenvalue weighted by atomic mass is 10.1. The van der Waals surface area contributed by atoms with Gasteiger partial charge in [0.25, 0.3) is 11.5 Å². The fourth-order valence-electron chi connectivity index (χ4n) is 3.09. The Balaban J connectivity index is 1.84. The minimum Gasteiger partial charge on any atom is -0.496 e. The van der Waals surface area contributed by atoms with Crippen LogP contribution in [-0.4, -0.2) is 48.0 Å². The van der Waals surface area contributed by atoms with Crippen LogP contribution in [0.25, 0.3) is 0 Å². The smallest absolute Gasteiger partial charge is 0.257 e. The molecule has 0 atom stereocenters. The highest BCUT2D eigenvalue weighted by Gasteiger charge is 2.23. The third kappa shape index (κ3) is 3.78. The first-order valence-electron chi connectivity index (χ1n) is 8.45. The number of rotatable bonds is 6. The van der Waals surface area contributed by atoms with Crippen LogP contribution in [0.5, 0.6) is 5.75 Å². The van der Waals surface area contributed by atoms with E-state index in [9.17, 15) is 9.59 Å². The summed E-state index contributed by atoms with van der Waals surface area (Å²) < 4.78 is 12.0. The number of carbonyl (C=O) groups excluding carboxylic acids is 1. The van der Waals surface area contributed by atoms with Crippen molar-refractivity contribution in [3.05, 3.63) is 45.1 Å². The molecule has 3 N–H and O–H groups in total. The number of H-pyrrole nitrogens is 1. The summed E-state index contributed by atoms with van der Waals surface area (Å²) in [5, 5.41) is 13.1. The molecule has 3 rings (SSSR count). The summed E-state index contributed by atoms with van der Waals surface area (Å²) in [4.78, 5) is 25.2. The van der Waals surface area contributed by atoms with Gasteiger partial charge in [-0.1, -0.05) is 0 Å². The quantitative estimate of drug-likeness (QED) is 0.657. The normalized spacial score (nSPS) is 13.8. The molecule has 2 aromatic rings. The van der Waals surface area contributed by atoms with Crippen molar-refractivity contribution in [3.63, 3.8) is 0 Å². The first-order valence-corrected chi connectivity index (χ1v) is 8.45. The zero-order valence-corrected chi connectivity index (χ0v) is 14.9. The second-order valence-electron chi connectivity index (χ2n) is 6.02. The van der Waals surface area contributed by atoms with Crippen molar-refractivity contribution in [2.75, 3.05) is 27.3 Å². The van der Waals surface area contributed by atoms with Gasteiger partial charge in [0, 0.05) is 44.9 Å². The second kappa shape index (κ2) is 8.15. The number of pyridine rings is 1. The third-order valence-electron chi connectivity index (χ3n) is 4.29. The molecule has 140 valence electrons. The van der Waals surface area contributed by atoms with Crippen LogP contribution in [0.3, 0.4) is 0 Å². The monoisotopic (exact) mass is 361 g/mol. The van der Waals surface area contributed by atoms with E-state index in [1.807, 2.05) is 6.07 Å². The van der Waals surface area contributed by atoms with Crippen molar-refractivity contribution in [2.45, 2.75) is 26.1 Å². The summed E-state index contributed by atoms with van der Waals surface area (Å²) in [6, 6.07) is 3.21. The van der Waals surface area contributed by atoms with Crippen LogP contribution in [0.15, 0.2) is 16.9 Å². The summed E-state index contributed by atoms with van der Waals surface area (Å²) in [5.74, 6) is 0.0146. The molecule has 26 heavy (non-hydrogen) atoms. The number of amides is 1. The van der Waals surface area contributed by atoms with Gasteiger partial charge in [-0.2, -0.15) is 5.10 Å². The molecule has 0 aliphatic carbocycles. The molecule has 0 aromatic carbocycles. The molecular formula is C17H23N5O4. The lowest BCUT2D eigenvalue weighted by Gasteiger charge is -2.17. The maximum absolute atomic E-state index is 12.8. The number of ether oxygens (including phenoxy) is 2. The van der Waals surface area contributed by atoms with Gasteiger partial charge in [-0.05, 0) is 6.07 Å². The molecule has 0 radical (unpaired) electrons. The first-order chi connectivity index (χ1) is 12.6. The van der Waals surface area contributed by atoms with Gasteiger partial charge in [0.1, 0.15) is 11.3 Å². The lowest BCUT2D eigenvalue weighted by molar-refractivity contribution is 0.0945. The van der Waals surface area contributed by atoms with Gasteiger partial charge < -0.3 is 24.7 Å². The fraction of sp³-hybridized carbons (Fsp3) is 0.471. The summed E-state index contributed by atoms with van der Waals surface area (Å²) in [6.45, 7) is 2.61. The predicted octanol–water partition coefficient (Wildman–Crippen LogP) is -0.198. The Morgan fingerprint density at radius 2 is 2.19 bits per heavy atom. The van der Waals surface area contributed by atoms with Crippen LogP contribution >= 0.6 is 0 Å². The largest absolute Gasteiger partial charge is 0.496 e. The molecule has 9 nitrogen and oxygen atoms in total. The molecule has 0 saturated carbocycles. The first kappa shape index (κ1) is 18.2. The van der Waals surface area contributed by atoms with Crippen molar-refractivity contribution < 1.29 is 14.3 Å². The lowest BCUT2D eigenvalue weighted by Crippen LogP contribution is -2.31. The van der Waals surface area contributed by atoms with E-state index in [1.54, 1.807) is 11.7 Å². The molecule has 9 heteroatoms. The Bertz CT molecular complexity index is 842. The van der Waals surface area contributed by atoms with Crippen LogP contribution in [0.1, 0.15) is 27.4 Å². The van der Waals surface area contributed by atoms with Crippen molar-refractivity contribution in [3.8, 4) is 5.75 Å². The highest BCUT2D eigenvalue weighted by molar-refractivity contribution is 5.98. The maximum atomic E-state index is 12.8. The van der Waals surface area contributed by atoms with E-state index in [1.165, 1.54) is 13.2 Å². The van der Waals surface area contributed by atoms with E-state index >= 15 is 0 Å². The fourth-order valence-corrected chi connectivity index (χ4v) is 3.09. The summed E-state index contributed by atoms with van der Waals surface area (Å²) in [5.41, 5.74) is 2.48. The van der Waals surface area contributed by atoms with Gasteiger partial charge in [0.05, 0.1) is 31.6 Å². The average molecular weight is 361 g/mol. The van der Waals surface area contributed by atoms with E-state index in [-0.39, 0.29) is 18.0 Å². The molecule has 1 aliphatic rings. The van der Waals surface area contributed by atoms with Crippen LogP contribution < -0.4 is 20.9 Å². The second-order valence-corrected chi connectivity index (χ2v) is 6.02. The molecule has 0 bridgehead atoms. The highest BCUT2D eigenvalue weighted by Crippen LogP contribution is 2.21. The van der Waals surface area contributed by atoms with E-state index in [4.69, 9.17) is 9.47 Å². The summed E-state index contributed by atoms with van der Waals surface area (Å²) in [7, 11) is 3.06. The average Bonchev–Trinajstić information content (AvgIpc) is 2.93. The molecular weight excluding hydrogens is 338 g/mol. The summed E-state index contributed by atoms with van der Waals surface area (Å²) >= 11 is 0. The predicted molar refractivity (Wildman–Crippen MR) is 94.3 cm³/mol. The van der Waals surface area contributed by atoms with E-state index in [2.05, 4.69) is 20.8 Å². The molecule has 1 amide bonds. The van der Waals surface area contributed by atoms with Crippen molar-refractivity contribution in [1.29, 1.82) is 0 Å². The van der Waals surface area contributed by atoms with Gasteiger partial charge in [-0.3, -0.25) is 14.7 Å². The molecule has 0 unspecified atom stereocenters. The van der Waals surface area contributed by atoms with E-state index < -0.39 is 0 Å². The number of nitrogens with one attached hydrogen (secondary N) is 3. The van der Waals surface area contributed by atoms with Crippen LogP contribution in [0, 0.1) is 0 Å². The number of aromatic amines is 1. The number of hydrogen-bond acceptors (Lipinski definition) is 6. The van der Waals surface area contributed by atoms with Crippen LogP contribution in [0.2, 0.25) is 0 Å².